The Labute approximate surface area is 80.6 Å². The van der Waals surface area contributed by atoms with Crippen molar-refractivity contribution >= 4 is 15.9 Å². The first-order valence-electron chi connectivity index (χ1n) is 4.23. The zero-order chi connectivity index (χ0) is 8.55. The van der Waals surface area contributed by atoms with Crippen LogP contribution in [0, 0.1) is 0 Å². The van der Waals surface area contributed by atoms with Crippen molar-refractivity contribution in [1.29, 1.82) is 0 Å². The molecule has 0 N–H and O–H groups in total. The molecule has 0 amide bonds. The minimum atomic E-state index is 0.304. The van der Waals surface area contributed by atoms with Gasteiger partial charge in [-0.05, 0) is 19.8 Å². The van der Waals surface area contributed by atoms with E-state index < -0.39 is 0 Å². The van der Waals surface area contributed by atoms with Gasteiger partial charge in [0.05, 0.1) is 16.2 Å². The molecule has 1 saturated carbocycles. The van der Waals surface area contributed by atoms with E-state index in [0.29, 0.717) is 10.7 Å². The van der Waals surface area contributed by atoms with Crippen molar-refractivity contribution in [2.75, 3.05) is 0 Å². The summed E-state index contributed by atoms with van der Waals surface area (Å²) in [7, 11) is 0. The second-order valence-electron chi connectivity index (χ2n) is 3.26. The number of nitrogens with zero attached hydrogens (tertiary/aromatic N) is 2. The monoisotopic (exact) mass is 226 g/mol. The van der Waals surface area contributed by atoms with Gasteiger partial charge < -0.3 is 0 Å². The molecule has 1 aliphatic carbocycles. The van der Waals surface area contributed by atoms with Crippen molar-refractivity contribution in [1.82, 2.24) is 9.97 Å². The fraction of sp³-hybridized carbons (Fsp3) is 0.556. The molecule has 0 radical (unpaired) electrons. The normalized spacial score (nSPS) is 19.2. The summed E-state index contributed by atoms with van der Waals surface area (Å²) in [6.45, 7) is 2.06. The highest BCUT2D eigenvalue weighted by Gasteiger charge is 2.25. The molecule has 12 heavy (non-hydrogen) atoms. The number of hydrogen-bond acceptors (Lipinski definition) is 2. The predicted molar refractivity (Wildman–Crippen MR) is 51.3 cm³/mol. The number of hydrogen-bond donors (Lipinski definition) is 0. The number of alkyl halides is 1. The summed E-state index contributed by atoms with van der Waals surface area (Å²) in [6.07, 6.45) is 6.35. The van der Waals surface area contributed by atoms with E-state index in [0.717, 1.165) is 11.4 Å². The van der Waals surface area contributed by atoms with Crippen LogP contribution in [0.3, 0.4) is 0 Å². The summed E-state index contributed by atoms with van der Waals surface area (Å²) in [5, 5.41) is 0. The van der Waals surface area contributed by atoms with Crippen LogP contribution in [0.25, 0.3) is 0 Å². The van der Waals surface area contributed by atoms with Crippen LogP contribution in [-0.2, 0) is 0 Å². The Balaban J connectivity index is 2.18. The first-order chi connectivity index (χ1) is 5.77. The second-order valence-corrected chi connectivity index (χ2v) is 4.63. The van der Waals surface area contributed by atoms with Crippen LogP contribution in [0.4, 0.5) is 0 Å². The molecule has 1 aromatic heterocycles. The number of aromatic nitrogens is 2. The first-order valence-corrected chi connectivity index (χ1v) is 5.15. The quantitative estimate of drug-likeness (QED) is 0.726. The van der Waals surface area contributed by atoms with Gasteiger partial charge in [0.15, 0.2) is 0 Å². The average Bonchev–Trinajstić information content (AvgIpc) is 2.87. The summed E-state index contributed by atoms with van der Waals surface area (Å²) < 4.78 is 0. The molecule has 0 aromatic carbocycles. The van der Waals surface area contributed by atoms with Gasteiger partial charge in [-0.15, -0.1) is 0 Å². The van der Waals surface area contributed by atoms with Gasteiger partial charge in [0.1, 0.15) is 0 Å². The maximum Gasteiger partial charge on any atom is 0.0720 e. The number of rotatable bonds is 2. The third kappa shape index (κ3) is 1.66. The molecule has 1 fully saturated rings. The number of halogens is 1. The Morgan fingerprint density at radius 2 is 2.17 bits per heavy atom. The Morgan fingerprint density at radius 1 is 1.42 bits per heavy atom. The van der Waals surface area contributed by atoms with E-state index >= 15 is 0 Å². The lowest BCUT2D eigenvalue weighted by atomic mass is 10.3. The standard InChI is InChI=1S/C9H11BrN2/c1-6(10)8-4-12-9(5-11-8)7-2-3-7/h4-7H,2-3H2,1H3. The SMILES string of the molecule is CC(Br)c1cnc(C2CC2)cn1. The molecule has 1 heterocycles. The zero-order valence-electron chi connectivity index (χ0n) is 7.00. The van der Waals surface area contributed by atoms with Gasteiger partial charge in [0.2, 0.25) is 0 Å². The summed E-state index contributed by atoms with van der Waals surface area (Å²) >= 11 is 3.46. The van der Waals surface area contributed by atoms with Gasteiger partial charge in [0.25, 0.3) is 0 Å². The van der Waals surface area contributed by atoms with E-state index in [4.69, 9.17) is 0 Å². The highest BCUT2D eigenvalue weighted by atomic mass is 79.9. The van der Waals surface area contributed by atoms with Gasteiger partial charge in [-0.1, -0.05) is 15.9 Å². The molecule has 1 unspecified atom stereocenters. The maximum absolute atomic E-state index is 4.37. The summed E-state index contributed by atoms with van der Waals surface area (Å²) in [4.78, 5) is 9.00. The molecule has 0 bridgehead atoms. The molecule has 64 valence electrons. The van der Waals surface area contributed by atoms with E-state index in [1.807, 2.05) is 12.4 Å². The van der Waals surface area contributed by atoms with Crippen molar-refractivity contribution < 1.29 is 0 Å². The lowest BCUT2D eigenvalue weighted by molar-refractivity contribution is 0.925. The van der Waals surface area contributed by atoms with Crippen LogP contribution in [0.15, 0.2) is 12.4 Å². The average molecular weight is 227 g/mol. The van der Waals surface area contributed by atoms with Crippen LogP contribution >= 0.6 is 15.9 Å². The largest absolute Gasteiger partial charge is 0.257 e. The lowest BCUT2D eigenvalue weighted by Gasteiger charge is -2.02. The van der Waals surface area contributed by atoms with Crippen molar-refractivity contribution in [3.63, 3.8) is 0 Å². The molecule has 1 atom stereocenters. The van der Waals surface area contributed by atoms with Crippen molar-refractivity contribution in [2.45, 2.75) is 30.5 Å². The van der Waals surface area contributed by atoms with Gasteiger partial charge >= 0.3 is 0 Å². The van der Waals surface area contributed by atoms with Crippen LogP contribution in [0.5, 0.6) is 0 Å². The van der Waals surface area contributed by atoms with Crippen LogP contribution in [0.2, 0.25) is 0 Å². The topological polar surface area (TPSA) is 25.8 Å². The van der Waals surface area contributed by atoms with Crippen molar-refractivity contribution in [2.24, 2.45) is 0 Å². The highest BCUT2D eigenvalue weighted by molar-refractivity contribution is 9.09. The maximum atomic E-state index is 4.37. The summed E-state index contributed by atoms with van der Waals surface area (Å²) in [5.41, 5.74) is 2.17. The Bertz CT molecular complexity index is 243. The molecule has 0 spiro atoms. The molecular weight excluding hydrogens is 216 g/mol. The minimum absolute atomic E-state index is 0.304. The molecule has 1 aliphatic rings. The Morgan fingerprint density at radius 3 is 2.58 bits per heavy atom. The third-order valence-electron chi connectivity index (χ3n) is 2.09. The van der Waals surface area contributed by atoms with E-state index in [1.54, 1.807) is 0 Å². The van der Waals surface area contributed by atoms with Gasteiger partial charge in [-0.25, -0.2) is 0 Å². The Kier molecular flexibility index (Phi) is 2.13. The first kappa shape index (κ1) is 8.17. The van der Waals surface area contributed by atoms with Crippen LogP contribution in [-0.4, -0.2) is 9.97 Å². The van der Waals surface area contributed by atoms with Gasteiger partial charge in [-0.3, -0.25) is 9.97 Å². The van der Waals surface area contributed by atoms with Gasteiger partial charge in [0, 0.05) is 18.3 Å². The zero-order valence-corrected chi connectivity index (χ0v) is 8.58. The second kappa shape index (κ2) is 3.13. The van der Waals surface area contributed by atoms with Crippen LogP contribution < -0.4 is 0 Å². The molecule has 1 aromatic rings. The van der Waals surface area contributed by atoms with Crippen molar-refractivity contribution in [3.8, 4) is 0 Å². The smallest absolute Gasteiger partial charge is 0.0720 e. The molecule has 2 rings (SSSR count). The summed E-state index contributed by atoms with van der Waals surface area (Å²) in [6, 6.07) is 0. The third-order valence-corrected chi connectivity index (χ3v) is 2.56. The van der Waals surface area contributed by atoms with Crippen molar-refractivity contribution in [3.05, 3.63) is 23.8 Å². The molecular formula is C9H11BrN2. The molecule has 0 aliphatic heterocycles. The van der Waals surface area contributed by atoms with E-state index in [-0.39, 0.29) is 0 Å². The highest BCUT2D eigenvalue weighted by Crippen LogP contribution is 2.38. The molecule has 3 heteroatoms. The predicted octanol–water partition coefficient (Wildman–Crippen LogP) is 2.81. The molecule has 2 nitrogen and oxygen atoms in total. The fourth-order valence-corrected chi connectivity index (χ4v) is 1.38. The fourth-order valence-electron chi connectivity index (χ4n) is 1.14. The minimum Gasteiger partial charge on any atom is -0.257 e. The van der Waals surface area contributed by atoms with E-state index in [9.17, 15) is 0 Å². The van der Waals surface area contributed by atoms with E-state index in [1.165, 1.54) is 12.8 Å². The lowest BCUT2D eigenvalue weighted by Crippen LogP contribution is -1.94. The summed E-state index contributed by atoms with van der Waals surface area (Å²) in [5.74, 6) is 0.706. The Hall–Kier alpha value is -0.440. The van der Waals surface area contributed by atoms with E-state index in [2.05, 4.69) is 32.8 Å². The van der Waals surface area contributed by atoms with Crippen LogP contribution in [0.1, 0.15) is 41.9 Å². The molecule has 0 saturated heterocycles. The van der Waals surface area contributed by atoms with Gasteiger partial charge in [-0.2, -0.15) is 0 Å².